The zero-order valence-electron chi connectivity index (χ0n) is 13.7. The highest BCUT2D eigenvalue weighted by Gasteiger charge is 2.20. The lowest BCUT2D eigenvalue weighted by molar-refractivity contribution is -0.129. The van der Waals surface area contributed by atoms with Gasteiger partial charge in [-0.15, -0.1) is 0 Å². The van der Waals surface area contributed by atoms with E-state index in [1.165, 1.54) is 39.5 Å². The van der Waals surface area contributed by atoms with Gasteiger partial charge in [0, 0.05) is 6.07 Å². The number of carbonyl (C=O) groups is 2. The minimum Gasteiger partial charge on any atom is -0.497 e. The SMILES string of the molecule is COc1cc(OC)cc(C(=O)OC(C)C(=O)NCc2ccco2)c1. The fraction of sp³-hybridized carbons (Fsp3) is 0.294. The molecule has 2 aromatic rings. The smallest absolute Gasteiger partial charge is 0.339 e. The van der Waals surface area contributed by atoms with Gasteiger partial charge < -0.3 is 23.9 Å². The average molecular weight is 333 g/mol. The summed E-state index contributed by atoms with van der Waals surface area (Å²) in [5.41, 5.74) is 0.233. The summed E-state index contributed by atoms with van der Waals surface area (Å²) in [7, 11) is 2.96. The van der Waals surface area contributed by atoms with Gasteiger partial charge in [0.15, 0.2) is 6.10 Å². The number of ether oxygens (including phenoxy) is 3. The molecule has 1 atom stereocenters. The van der Waals surface area contributed by atoms with Crippen LogP contribution in [0.15, 0.2) is 41.0 Å². The second-order valence-corrected chi connectivity index (χ2v) is 4.95. The monoisotopic (exact) mass is 333 g/mol. The number of rotatable bonds is 7. The molecule has 1 amide bonds. The van der Waals surface area contributed by atoms with Gasteiger partial charge in [-0.2, -0.15) is 0 Å². The minimum absolute atomic E-state index is 0.223. The van der Waals surface area contributed by atoms with Crippen LogP contribution in [-0.2, 0) is 16.1 Å². The van der Waals surface area contributed by atoms with Crippen LogP contribution in [0.5, 0.6) is 11.5 Å². The van der Waals surface area contributed by atoms with Crippen molar-refractivity contribution >= 4 is 11.9 Å². The second kappa shape index (κ2) is 8.05. The number of hydrogen-bond donors (Lipinski definition) is 1. The maximum atomic E-state index is 12.2. The fourth-order valence-corrected chi connectivity index (χ4v) is 1.94. The summed E-state index contributed by atoms with van der Waals surface area (Å²) in [6, 6.07) is 8.12. The van der Waals surface area contributed by atoms with Crippen LogP contribution >= 0.6 is 0 Å². The van der Waals surface area contributed by atoms with Gasteiger partial charge in [0.1, 0.15) is 17.3 Å². The predicted octanol–water partition coefficient (Wildman–Crippen LogP) is 2.16. The van der Waals surface area contributed by atoms with Crippen LogP contribution in [0.2, 0.25) is 0 Å². The summed E-state index contributed by atoms with van der Waals surface area (Å²) in [6.07, 6.45) is 0.561. The van der Waals surface area contributed by atoms with E-state index in [1.54, 1.807) is 18.2 Å². The molecule has 1 heterocycles. The van der Waals surface area contributed by atoms with E-state index < -0.39 is 18.0 Å². The number of benzene rings is 1. The molecule has 7 nitrogen and oxygen atoms in total. The van der Waals surface area contributed by atoms with Gasteiger partial charge in [-0.05, 0) is 31.2 Å². The van der Waals surface area contributed by atoms with Gasteiger partial charge in [-0.3, -0.25) is 4.79 Å². The Morgan fingerprint density at radius 2 is 1.83 bits per heavy atom. The summed E-state index contributed by atoms with van der Waals surface area (Å²) in [6.45, 7) is 1.72. The van der Waals surface area contributed by atoms with Crippen LogP contribution in [0.1, 0.15) is 23.0 Å². The number of amides is 1. The third kappa shape index (κ3) is 4.52. The highest BCUT2D eigenvalue weighted by atomic mass is 16.5. The number of furan rings is 1. The second-order valence-electron chi connectivity index (χ2n) is 4.95. The lowest BCUT2D eigenvalue weighted by Crippen LogP contribution is -2.35. The summed E-state index contributed by atoms with van der Waals surface area (Å²) >= 11 is 0. The first-order chi connectivity index (χ1) is 11.5. The van der Waals surface area contributed by atoms with Crippen molar-refractivity contribution in [1.82, 2.24) is 5.32 Å². The minimum atomic E-state index is -0.954. The van der Waals surface area contributed by atoms with E-state index in [2.05, 4.69) is 5.32 Å². The van der Waals surface area contributed by atoms with Crippen LogP contribution in [0, 0.1) is 0 Å². The summed E-state index contributed by atoms with van der Waals surface area (Å²) < 4.78 is 20.5. The highest BCUT2D eigenvalue weighted by Crippen LogP contribution is 2.23. The zero-order valence-corrected chi connectivity index (χ0v) is 13.7. The average Bonchev–Trinajstić information content (AvgIpc) is 3.12. The van der Waals surface area contributed by atoms with Crippen molar-refractivity contribution in [1.29, 1.82) is 0 Å². The van der Waals surface area contributed by atoms with Crippen LogP contribution in [-0.4, -0.2) is 32.2 Å². The fourth-order valence-electron chi connectivity index (χ4n) is 1.94. The number of hydrogen-bond acceptors (Lipinski definition) is 6. The Hall–Kier alpha value is -2.96. The number of nitrogens with one attached hydrogen (secondary N) is 1. The Kier molecular flexibility index (Phi) is 5.83. The molecule has 0 saturated heterocycles. The number of methoxy groups -OCH3 is 2. The van der Waals surface area contributed by atoms with E-state index in [0.29, 0.717) is 17.3 Å². The summed E-state index contributed by atoms with van der Waals surface area (Å²) in [4.78, 5) is 24.2. The van der Waals surface area contributed by atoms with E-state index in [9.17, 15) is 9.59 Å². The Bertz CT molecular complexity index is 673. The zero-order chi connectivity index (χ0) is 17.5. The van der Waals surface area contributed by atoms with E-state index in [0.717, 1.165) is 0 Å². The van der Waals surface area contributed by atoms with Gasteiger partial charge in [-0.1, -0.05) is 0 Å². The molecule has 0 radical (unpaired) electrons. The first kappa shape index (κ1) is 17.4. The largest absolute Gasteiger partial charge is 0.497 e. The predicted molar refractivity (Wildman–Crippen MR) is 85.0 cm³/mol. The van der Waals surface area contributed by atoms with Gasteiger partial charge in [-0.25, -0.2) is 4.79 Å². The van der Waals surface area contributed by atoms with Crippen molar-refractivity contribution < 1.29 is 28.2 Å². The molecule has 128 valence electrons. The first-order valence-electron chi connectivity index (χ1n) is 7.27. The van der Waals surface area contributed by atoms with Crippen LogP contribution < -0.4 is 14.8 Å². The molecular formula is C17H19NO6. The first-order valence-corrected chi connectivity index (χ1v) is 7.27. The lowest BCUT2D eigenvalue weighted by Gasteiger charge is -2.14. The van der Waals surface area contributed by atoms with Crippen molar-refractivity contribution in [2.75, 3.05) is 14.2 Å². The molecule has 1 aromatic carbocycles. The van der Waals surface area contributed by atoms with Gasteiger partial charge in [0.2, 0.25) is 0 Å². The van der Waals surface area contributed by atoms with Crippen molar-refractivity contribution in [2.45, 2.75) is 19.6 Å². The van der Waals surface area contributed by atoms with E-state index in [-0.39, 0.29) is 12.1 Å². The molecule has 0 aliphatic carbocycles. The molecule has 0 fully saturated rings. The normalized spacial score (nSPS) is 11.5. The summed E-state index contributed by atoms with van der Waals surface area (Å²) in [5, 5.41) is 2.63. The molecule has 0 aliphatic heterocycles. The Morgan fingerprint density at radius 3 is 2.38 bits per heavy atom. The molecule has 24 heavy (non-hydrogen) atoms. The van der Waals surface area contributed by atoms with Crippen LogP contribution in [0.3, 0.4) is 0 Å². The van der Waals surface area contributed by atoms with Crippen LogP contribution in [0.25, 0.3) is 0 Å². The standard InChI is InChI=1S/C17H19NO6/c1-11(16(19)18-10-13-5-4-6-23-13)24-17(20)12-7-14(21-2)9-15(8-12)22-3/h4-9,11H,10H2,1-3H3,(H,18,19). The molecule has 0 aliphatic rings. The van der Waals surface area contributed by atoms with Crippen molar-refractivity contribution in [3.8, 4) is 11.5 Å². The van der Waals surface area contributed by atoms with Gasteiger partial charge in [0.25, 0.3) is 5.91 Å². The molecule has 0 saturated carbocycles. The van der Waals surface area contributed by atoms with Gasteiger partial charge in [0.05, 0.1) is 32.6 Å². The molecule has 1 unspecified atom stereocenters. The number of esters is 1. The lowest BCUT2D eigenvalue weighted by atomic mass is 10.2. The maximum Gasteiger partial charge on any atom is 0.339 e. The molecule has 1 aromatic heterocycles. The molecule has 2 rings (SSSR count). The topological polar surface area (TPSA) is 87.0 Å². The third-order valence-electron chi connectivity index (χ3n) is 3.26. The van der Waals surface area contributed by atoms with Crippen LogP contribution in [0.4, 0.5) is 0 Å². The third-order valence-corrected chi connectivity index (χ3v) is 3.26. The van der Waals surface area contributed by atoms with Crippen molar-refractivity contribution in [3.63, 3.8) is 0 Å². The molecule has 0 spiro atoms. The molecule has 1 N–H and O–H groups in total. The quantitative estimate of drug-likeness (QED) is 0.781. The highest BCUT2D eigenvalue weighted by molar-refractivity contribution is 5.93. The van der Waals surface area contributed by atoms with E-state index >= 15 is 0 Å². The molecule has 7 heteroatoms. The Morgan fingerprint density at radius 1 is 1.17 bits per heavy atom. The van der Waals surface area contributed by atoms with Crippen molar-refractivity contribution in [2.24, 2.45) is 0 Å². The van der Waals surface area contributed by atoms with E-state index in [1.807, 2.05) is 0 Å². The number of carbonyl (C=O) groups excluding carboxylic acids is 2. The molecule has 0 bridgehead atoms. The van der Waals surface area contributed by atoms with Gasteiger partial charge >= 0.3 is 5.97 Å². The maximum absolute atomic E-state index is 12.2. The van der Waals surface area contributed by atoms with Crippen molar-refractivity contribution in [3.05, 3.63) is 47.9 Å². The Balaban J connectivity index is 1.96. The molecular weight excluding hydrogens is 314 g/mol. The van der Waals surface area contributed by atoms with E-state index in [4.69, 9.17) is 18.6 Å². The summed E-state index contributed by atoms with van der Waals surface area (Å²) in [5.74, 6) is 0.453. The Labute approximate surface area is 139 Å².